The largest absolute Gasteiger partial charge is 0.330 e. The van der Waals surface area contributed by atoms with Gasteiger partial charge < -0.3 is 11.1 Å². The molecule has 1 aromatic heterocycles. The molecule has 25 heavy (non-hydrogen) atoms. The molecular weight excluding hydrogens is 382 g/mol. The first-order chi connectivity index (χ1) is 11.3. The Labute approximate surface area is 158 Å². The minimum Gasteiger partial charge on any atom is -0.330 e. The number of rotatable bonds is 7. The molecule has 0 spiro atoms. The minimum atomic E-state index is -3.19. The second-order valence-electron chi connectivity index (χ2n) is 5.68. The van der Waals surface area contributed by atoms with Crippen molar-refractivity contribution < 1.29 is 13.2 Å². The predicted octanol–water partition coefficient (Wildman–Crippen LogP) is 2.64. The van der Waals surface area contributed by atoms with Crippen molar-refractivity contribution >= 4 is 45.2 Å². The smallest absolute Gasteiger partial charge is 0.275 e. The Kier molecular flexibility index (Phi) is 8.01. The summed E-state index contributed by atoms with van der Waals surface area (Å²) in [4.78, 5) is 16.5. The molecule has 2 aromatic rings. The van der Waals surface area contributed by atoms with Gasteiger partial charge >= 0.3 is 0 Å². The standard InChI is InChI=1S/C16H21N3O3S2.ClH/c1-11(2)24(21,22)10-12-4-3-5-13(8-12)18-16(20)14-9-23-15(19-14)6-7-17;/h3-5,8-9,11H,6-7,10,17H2,1-2H3,(H,18,20);1H. The molecule has 3 N–H and O–H groups in total. The molecule has 0 saturated heterocycles. The Hall–Kier alpha value is -1.48. The summed E-state index contributed by atoms with van der Waals surface area (Å²) in [7, 11) is -3.19. The van der Waals surface area contributed by atoms with Gasteiger partial charge in [0.2, 0.25) is 0 Å². The van der Waals surface area contributed by atoms with Crippen LogP contribution >= 0.6 is 23.7 Å². The van der Waals surface area contributed by atoms with Gasteiger partial charge in [-0.05, 0) is 38.1 Å². The van der Waals surface area contributed by atoms with Crippen molar-refractivity contribution in [2.75, 3.05) is 11.9 Å². The monoisotopic (exact) mass is 403 g/mol. The molecule has 0 atom stereocenters. The number of nitrogens with one attached hydrogen (secondary N) is 1. The van der Waals surface area contributed by atoms with Crippen molar-refractivity contribution in [3.63, 3.8) is 0 Å². The molecular formula is C16H22ClN3O3S2. The van der Waals surface area contributed by atoms with Gasteiger partial charge in [-0.15, -0.1) is 23.7 Å². The Morgan fingerprint density at radius 3 is 2.72 bits per heavy atom. The summed E-state index contributed by atoms with van der Waals surface area (Å²) in [5.41, 5.74) is 7.00. The van der Waals surface area contributed by atoms with E-state index in [1.165, 1.54) is 11.3 Å². The van der Waals surface area contributed by atoms with E-state index in [-0.39, 0.29) is 24.1 Å². The van der Waals surface area contributed by atoms with Crippen LogP contribution in [0, 0.1) is 0 Å². The first-order valence-corrected chi connectivity index (χ1v) is 10.2. The highest BCUT2D eigenvalue weighted by Crippen LogP contribution is 2.17. The maximum atomic E-state index is 12.2. The maximum absolute atomic E-state index is 12.2. The van der Waals surface area contributed by atoms with Crippen LogP contribution in [0.1, 0.15) is 34.9 Å². The third-order valence-electron chi connectivity index (χ3n) is 3.41. The fraction of sp³-hybridized carbons (Fsp3) is 0.375. The van der Waals surface area contributed by atoms with Gasteiger partial charge in [0.05, 0.1) is 16.0 Å². The number of anilines is 1. The number of thiazole rings is 1. The summed E-state index contributed by atoms with van der Waals surface area (Å²) in [6, 6.07) is 6.85. The molecule has 1 amide bonds. The number of carbonyl (C=O) groups is 1. The second-order valence-corrected chi connectivity index (χ2v) is 9.18. The Balaban J connectivity index is 0.00000312. The number of sulfone groups is 1. The molecule has 138 valence electrons. The van der Waals surface area contributed by atoms with Crippen molar-refractivity contribution in [1.29, 1.82) is 0 Å². The van der Waals surface area contributed by atoms with E-state index >= 15 is 0 Å². The molecule has 0 bridgehead atoms. The average molecular weight is 404 g/mol. The zero-order valence-electron chi connectivity index (χ0n) is 14.1. The molecule has 0 fully saturated rings. The van der Waals surface area contributed by atoms with Crippen molar-refractivity contribution in [3.05, 3.63) is 45.9 Å². The average Bonchev–Trinajstić information content (AvgIpc) is 2.96. The van der Waals surface area contributed by atoms with E-state index in [0.717, 1.165) is 5.01 Å². The van der Waals surface area contributed by atoms with Gasteiger partial charge in [-0.25, -0.2) is 13.4 Å². The third kappa shape index (κ3) is 6.07. The lowest BCUT2D eigenvalue weighted by atomic mass is 10.2. The molecule has 6 nitrogen and oxygen atoms in total. The van der Waals surface area contributed by atoms with E-state index in [1.807, 2.05) is 0 Å². The summed E-state index contributed by atoms with van der Waals surface area (Å²) < 4.78 is 24.0. The highest BCUT2D eigenvalue weighted by molar-refractivity contribution is 7.91. The molecule has 0 aliphatic rings. The van der Waals surface area contributed by atoms with Gasteiger partial charge in [-0.3, -0.25) is 4.79 Å². The zero-order valence-corrected chi connectivity index (χ0v) is 16.5. The quantitative estimate of drug-likeness (QED) is 0.739. The summed E-state index contributed by atoms with van der Waals surface area (Å²) in [6.45, 7) is 3.80. The molecule has 0 aliphatic heterocycles. The molecule has 0 aliphatic carbocycles. The number of nitrogens with two attached hydrogens (primary N) is 1. The molecule has 0 unspecified atom stereocenters. The first kappa shape index (κ1) is 21.6. The van der Waals surface area contributed by atoms with Gasteiger partial charge in [-0.1, -0.05) is 12.1 Å². The van der Waals surface area contributed by atoms with Crippen LogP contribution in [0.2, 0.25) is 0 Å². The number of halogens is 1. The van der Waals surface area contributed by atoms with E-state index in [9.17, 15) is 13.2 Å². The van der Waals surface area contributed by atoms with Crippen molar-refractivity contribution in [1.82, 2.24) is 4.98 Å². The number of carbonyl (C=O) groups excluding carboxylic acids is 1. The number of hydrogen-bond acceptors (Lipinski definition) is 6. The summed E-state index contributed by atoms with van der Waals surface area (Å²) in [5, 5.41) is 4.82. The van der Waals surface area contributed by atoms with Gasteiger partial charge in [0.25, 0.3) is 5.91 Å². The Morgan fingerprint density at radius 2 is 2.08 bits per heavy atom. The lowest BCUT2D eigenvalue weighted by Crippen LogP contribution is -2.16. The second kappa shape index (κ2) is 9.28. The van der Waals surface area contributed by atoms with E-state index in [2.05, 4.69) is 10.3 Å². The zero-order chi connectivity index (χ0) is 17.7. The van der Waals surface area contributed by atoms with Crippen LogP contribution in [0.15, 0.2) is 29.6 Å². The predicted molar refractivity (Wildman–Crippen MR) is 104 cm³/mol. The lowest BCUT2D eigenvalue weighted by Gasteiger charge is -2.09. The van der Waals surface area contributed by atoms with Crippen LogP contribution in [-0.2, 0) is 22.0 Å². The summed E-state index contributed by atoms with van der Waals surface area (Å²) in [6.07, 6.45) is 0.639. The first-order valence-electron chi connectivity index (χ1n) is 7.58. The van der Waals surface area contributed by atoms with E-state index in [0.29, 0.717) is 29.9 Å². The summed E-state index contributed by atoms with van der Waals surface area (Å²) >= 11 is 1.40. The number of hydrogen-bond donors (Lipinski definition) is 2. The molecule has 1 heterocycles. The molecule has 2 rings (SSSR count). The van der Waals surface area contributed by atoms with Crippen LogP contribution in [-0.4, -0.2) is 31.1 Å². The van der Waals surface area contributed by atoms with Gasteiger partial charge in [-0.2, -0.15) is 0 Å². The molecule has 1 aromatic carbocycles. The Bertz CT molecular complexity index is 820. The van der Waals surface area contributed by atoms with Crippen molar-refractivity contribution in [3.8, 4) is 0 Å². The third-order valence-corrected chi connectivity index (χ3v) is 6.49. The van der Waals surface area contributed by atoms with Gasteiger partial charge in [0.1, 0.15) is 5.69 Å². The number of nitrogens with zero attached hydrogens (tertiary/aromatic N) is 1. The minimum absolute atomic E-state index is 0. The van der Waals surface area contributed by atoms with Crippen molar-refractivity contribution in [2.45, 2.75) is 31.3 Å². The molecule has 9 heteroatoms. The SMILES string of the molecule is CC(C)S(=O)(=O)Cc1cccc(NC(=O)c2csc(CCN)n2)c1.Cl. The highest BCUT2D eigenvalue weighted by Gasteiger charge is 2.17. The van der Waals surface area contributed by atoms with E-state index in [1.54, 1.807) is 43.5 Å². The number of benzene rings is 1. The van der Waals surface area contributed by atoms with E-state index < -0.39 is 15.1 Å². The van der Waals surface area contributed by atoms with Crippen LogP contribution in [0.3, 0.4) is 0 Å². The van der Waals surface area contributed by atoms with Crippen LogP contribution < -0.4 is 11.1 Å². The normalized spacial score (nSPS) is 11.2. The maximum Gasteiger partial charge on any atom is 0.275 e. The van der Waals surface area contributed by atoms with E-state index in [4.69, 9.17) is 5.73 Å². The number of amides is 1. The lowest BCUT2D eigenvalue weighted by molar-refractivity contribution is 0.102. The van der Waals surface area contributed by atoms with Crippen LogP contribution in [0.25, 0.3) is 0 Å². The number of aromatic nitrogens is 1. The summed E-state index contributed by atoms with van der Waals surface area (Å²) in [5.74, 6) is -0.371. The highest BCUT2D eigenvalue weighted by atomic mass is 35.5. The van der Waals surface area contributed by atoms with Crippen LogP contribution in [0.5, 0.6) is 0 Å². The molecule has 0 saturated carbocycles. The van der Waals surface area contributed by atoms with Crippen LogP contribution in [0.4, 0.5) is 5.69 Å². The Morgan fingerprint density at radius 1 is 1.36 bits per heavy atom. The topological polar surface area (TPSA) is 102 Å². The van der Waals surface area contributed by atoms with Gasteiger partial charge in [0, 0.05) is 17.5 Å². The molecule has 0 radical (unpaired) electrons. The fourth-order valence-electron chi connectivity index (χ4n) is 1.99. The fourth-order valence-corrected chi connectivity index (χ4v) is 3.76. The van der Waals surface area contributed by atoms with Crippen molar-refractivity contribution in [2.24, 2.45) is 5.73 Å². The van der Waals surface area contributed by atoms with Gasteiger partial charge in [0.15, 0.2) is 9.84 Å².